The van der Waals surface area contributed by atoms with E-state index in [1.807, 2.05) is 6.07 Å². The molecule has 0 aliphatic carbocycles. The topological polar surface area (TPSA) is 47.3 Å². The fourth-order valence-corrected chi connectivity index (χ4v) is 2.45. The number of nitrogens with one attached hydrogen (secondary N) is 1. The molecule has 0 bridgehead atoms. The molecule has 17 heavy (non-hydrogen) atoms. The van der Waals surface area contributed by atoms with Gasteiger partial charge in [0.1, 0.15) is 0 Å². The number of ether oxygens (including phenoxy) is 1. The molecule has 1 saturated heterocycles. The van der Waals surface area contributed by atoms with Crippen molar-refractivity contribution in [2.75, 3.05) is 19.8 Å². The van der Waals surface area contributed by atoms with E-state index < -0.39 is 0 Å². The lowest BCUT2D eigenvalue weighted by Crippen LogP contribution is -2.55. The Morgan fingerprint density at radius 3 is 2.53 bits per heavy atom. The smallest absolute Gasteiger partial charge is 0.0484 e. The quantitative estimate of drug-likeness (QED) is 0.835. The van der Waals surface area contributed by atoms with Gasteiger partial charge in [-0.2, -0.15) is 0 Å². The molecule has 1 unspecified atom stereocenters. The minimum absolute atomic E-state index is 0.0491. The zero-order valence-corrected chi connectivity index (χ0v) is 10.5. The second-order valence-electron chi connectivity index (χ2n) is 4.87. The summed E-state index contributed by atoms with van der Waals surface area (Å²) in [5, 5.41) is 3.69. The molecule has 0 saturated carbocycles. The van der Waals surface area contributed by atoms with Gasteiger partial charge in [0.2, 0.25) is 0 Å². The van der Waals surface area contributed by atoms with E-state index in [-0.39, 0.29) is 5.54 Å². The van der Waals surface area contributed by atoms with Crippen LogP contribution in [0, 0.1) is 0 Å². The summed E-state index contributed by atoms with van der Waals surface area (Å²) in [7, 11) is 0. The van der Waals surface area contributed by atoms with Crippen LogP contribution in [0.15, 0.2) is 30.3 Å². The minimum atomic E-state index is 0.0491. The first-order valence-electron chi connectivity index (χ1n) is 6.36. The van der Waals surface area contributed by atoms with Crippen molar-refractivity contribution in [2.45, 2.75) is 31.3 Å². The summed E-state index contributed by atoms with van der Waals surface area (Å²) in [6, 6.07) is 10.8. The minimum Gasteiger partial charge on any atom is -0.381 e. The van der Waals surface area contributed by atoms with Crippen molar-refractivity contribution in [2.24, 2.45) is 5.73 Å². The molecule has 3 nitrogen and oxygen atoms in total. The SMILES string of the molecule is CC(NC1(CN)CCOCC1)c1ccccc1. The Morgan fingerprint density at radius 1 is 1.29 bits per heavy atom. The van der Waals surface area contributed by atoms with Gasteiger partial charge in [-0.3, -0.25) is 0 Å². The molecule has 1 fully saturated rings. The van der Waals surface area contributed by atoms with Crippen LogP contribution in [0.4, 0.5) is 0 Å². The molecule has 0 radical (unpaired) electrons. The zero-order valence-electron chi connectivity index (χ0n) is 10.5. The van der Waals surface area contributed by atoms with Crippen molar-refractivity contribution in [1.29, 1.82) is 0 Å². The summed E-state index contributed by atoms with van der Waals surface area (Å²) in [5.74, 6) is 0. The van der Waals surface area contributed by atoms with Crippen molar-refractivity contribution in [3.05, 3.63) is 35.9 Å². The molecule has 94 valence electrons. The highest BCUT2D eigenvalue weighted by molar-refractivity contribution is 5.19. The van der Waals surface area contributed by atoms with Crippen LogP contribution < -0.4 is 11.1 Å². The van der Waals surface area contributed by atoms with Crippen LogP contribution in [0.25, 0.3) is 0 Å². The lowest BCUT2D eigenvalue weighted by molar-refractivity contribution is 0.0373. The zero-order chi connectivity index (χ0) is 12.1. The number of hydrogen-bond donors (Lipinski definition) is 2. The van der Waals surface area contributed by atoms with Gasteiger partial charge in [-0.05, 0) is 25.3 Å². The molecule has 0 amide bonds. The van der Waals surface area contributed by atoms with Gasteiger partial charge in [-0.25, -0.2) is 0 Å². The molecule has 1 aliphatic rings. The average molecular weight is 234 g/mol. The second kappa shape index (κ2) is 5.63. The third kappa shape index (κ3) is 3.06. The van der Waals surface area contributed by atoms with Crippen LogP contribution in [-0.2, 0) is 4.74 Å². The molecule has 1 atom stereocenters. The molecule has 3 heteroatoms. The van der Waals surface area contributed by atoms with Gasteiger partial charge in [0.05, 0.1) is 0 Å². The normalized spacial score (nSPS) is 21.1. The summed E-state index contributed by atoms with van der Waals surface area (Å²) < 4.78 is 5.42. The maximum atomic E-state index is 5.95. The Labute approximate surface area is 103 Å². The fourth-order valence-electron chi connectivity index (χ4n) is 2.45. The Bertz CT molecular complexity index is 333. The molecule has 1 aromatic rings. The third-order valence-corrected chi connectivity index (χ3v) is 3.66. The van der Waals surface area contributed by atoms with Crippen LogP contribution in [0.1, 0.15) is 31.4 Å². The summed E-state index contributed by atoms with van der Waals surface area (Å²) in [6.07, 6.45) is 2.00. The molecule has 0 spiro atoms. The van der Waals surface area contributed by atoms with Crippen LogP contribution in [0.3, 0.4) is 0 Å². The predicted molar refractivity (Wildman–Crippen MR) is 69.8 cm³/mol. The number of nitrogens with two attached hydrogens (primary N) is 1. The number of rotatable bonds is 4. The lowest BCUT2D eigenvalue weighted by Gasteiger charge is -2.39. The first-order chi connectivity index (χ1) is 8.26. The molecule has 1 aliphatic heterocycles. The highest BCUT2D eigenvalue weighted by Gasteiger charge is 2.32. The van der Waals surface area contributed by atoms with E-state index in [1.165, 1.54) is 5.56 Å². The van der Waals surface area contributed by atoms with Crippen molar-refractivity contribution in [1.82, 2.24) is 5.32 Å². The molecule has 3 N–H and O–H groups in total. The average Bonchev–Trinajstić information content (AvgIpc) is 2.41. The summed E-state index contributed by atoms with van der Waals surface area (Å²) in [4.78, 5) is 0. The molecular formula is C14H22N2O. The summed E-state index contributed by atoms with van der Waals surface area (Å²) in [6.45, 7) is 4.49. The fraction of sp³-hybridized carbons (Fsp3) is 0.571. The third-order valence-electron chi connectivity index (χ3n) is 3.66. The molecule has 0 aromatic heterocycles. The van der Waals surface area contributed by atoms with E-state index in [4.69, 9.17) is 10.5 Å². The summed E-state index contributed by atoms with van der Waals surface area (Å²) >= 11 is 0. The van der Waals surface area contributed by atoms with Gasteiger partial charge in [-0.1, -0.05) is 30.3 Å². The van der Waals surface area contributed by atoms with E-state index in [9.17, 15) is 0 Å². The molecule has 2 rings (SSSR count). The largest absolute Gasteiger partial charge is 0.381 e. The Morgan fingerprint density at radius 2 is 1.94 bits per heavy atom. The van der Waals surface area contributed by atoms with Crippen molar-refractivity contribution in [3.63, 3.8) is 0 Å². The van der Waals surface area contributed by atoms with E-state index in [1.54, 1.807) is 0 Å². The summed E-state index contributed by atoms with van der Waals surface area (Å²) in [5.41, 5.74) is 7.31. The predicted octanol–water partition coefficient (Wildman–Crippen LogP) is 1.85. The maximum Gasteiger partial charge on any atom is 0.0484 e. The maximum absolute atomic E-state index is 5.95. The lowest BCUT2D eigenvalue weighted by atomic mass is 9.88. The van der Waals surface area contributed by atoms with Crippen molar-refractivity contribution >= 4 is 0 Å². The number of hydrogen-bond acceptors (Lipinski definition) is 3. The van der Waals surface area contributed by atoms with Crippen molar-refractivity contribution in [3.8, 4) is 0 Å². The van der Waals surface area contributed by atoms with Crippen LogP contribution >= 0.6 is 0 Å². The van der Waals surface area contributed by atoms with Crippen LogP contribution in [0.5, 0.6) is 0 Å². The van der Waals surface area contributed by atoms with Crippen LogP contribution in [-0.4, -0.2) is 25.3 Å². The first kappa shape index (κ1) is 12.6. The van der Waals surface area contributed by atoms with E-state index >= 15 is 0 Å². The van der Waals surface area contributed by atoms with Crippen molar-refractivity contribution < 1.29 is 4.74 Å². The monoisotopic (exact) mass is 234 g/mol. The second-order valence-corrected chi connectivity index (χ2v) is 4.87. The highest BCUT2D eigenvalue weighted by atomic mass is 16.5. The molecule has 1 aromatic carbocycles. The number of benzene rings is 1. The van der Waals surface area contributed by atoms with Gasteiger partial charge in [-0.15, -0.1) is 0 Å². The van der Waals surface area contributed by atoms with Gasteiger partial charge >= 0.3 is 0 Å². The van der Waals surface area contributed by atoms with E-state index in [0.717, 1.165) is 26.1 Å². The molecule has 1 heterocycles. The molecular weight excluding hydrogens is 212 g/mol. The Kier molecular flexibility index (Phi) is 4.15. The van der Waals surface area contributed by atoms with E-state index in [2.05, 4.69) is 36.5 Å². The Balaban J connectivity index is 2.03. The first-order valence-corrected chi connectivity index (χ1v) is 6.36. The van der Waals surface area contributed by atoms with Gasteiger partial charge in [0, 0.05) is 31.3 Å². The Hall–Kier alpha value is -0.900. The van der Waals surface area contributed by atoms with Gasteiger partial charge in [0.25, 0.3) is 0 Å². The van der Waals surface area contributed by atoms with Gasteiger partial charge < -0.3 is 15.8 Å². The van der Waals surface area contributed by atoms with Crippen LogP contribution in [0.2, 0.25) is 0 Å². The van der Waals surface area contributed by atoms with Gasteiger partial charge in [0.15, 0.2) is 0 Å². The van der Waals surface area contributed by atoms with E-state index in [0.29, 0.717) is 12.6 Å². The standard InChI is InChI=1S/C14H22N2O/c1-12(13-5-3-2-4-6-13)16-14(11-15)7-9-17-10-8-14/h2-6,12,16H,7-11,15H2,1H3. The highest BCUT2D eigenvalue weighted by Crippen LogP contribution is 2.24.